The molecule has 1 spiro atoms. The fourth-order valence-corrected chi connectivity index (χ4v) is 7.62. The second-order valence-corrected chi connectivity index (χ2v) is 12.0. The summed E-state index contributed by atoms with van der Waals surface area (Å²) in [7, 11) is 0. The number of nitrogens with zero attached hydrogens (tertiary/aromatic N) is 3. The molecular weight excluding hydrogens is 534 g/mol. The van der Waals surface area contributed by atoms with E-state index in [9.17, 15) is 0 Å². The highest BCUT2D eigenvalue weighted by Gasteiger charge is 2.51. The Bertz CT molecular complexity index is 2110. The van der Waals surface area contributed by atoms with E-state index in [0.29, 0.717) is 17.6 Å². The van der Waals surface area contributed by atoms with E-state index < -0.39 is 5.41 Å². The van der Waals surface area contributed by atoms with Crippen LogP contribution in [0, 0.1) is 5.92 Å². The van der Waals surface area contributed by atoms with Gasteiger partial charge in [-0.2, -0.15) is 0 Å². The zero-order valence-electron chi connectivity index (χ0n) is 24.4. The Labute approximate surface area is 257 Å². The normalized spacial score (nSPS) is 16.7. The molecular formula is C41H29N3. The second-order valence-electron chi connectivity index (χ2n) is 12.0. The van der Waals surface area contributed by atoms with Gasteiger partial charge in [-0.3, -0.25) is 0 Å². The van der Waals surface area contributed by atoms with E-state index in [0.717, 1.165) is 28.9 Å². The van der Waals surface area contributed by atoms with Gasteiger partial charge in [0.05, 0.1) is 5.41 Å². The van der Waals surface area contributed by atoms with Crippen LogP contribution in [0.4, 0.5) is 0 Å². The van der Waals surface area contributed by atoms with Crippen molar-refractivity contribution in [2.24, 2.45) is 5.92 Å². The van der Waals surface area contributed by atoms with Crippen LogP contribution in [-0.2, 0) is 5.41 Å². The van der Waals surface area contributed by atoms with Gasteiger partial charge >= 0.3 is 0 Å². The van der Waals surface area contributed by atoms with Crippen molar-refractivity contribution in [3.05, 3.63) is 168 Å². The zero-order chi connectivity index (χ0) is 29.3. The van der Waals surface area contributed by atoms with Crippen molar-refractivity contribution in [2.75, 3.05) is 0 Å². The summed E-state index contributed by atoms with van der Waals surface area (Å²) >= 11 is 0. The van der Waals surface area contributed by atoms with Crippen molar-refractivity contribution in [1.29, 1.82) is 0 Å². The molecule has 0 aliphatic heterocycles. The van der Waals surface area contributed by atoms with E-state index in [1.165, 1.54) is 44.5 Å². The maximum absolute atomic E-state index is 5.16. The molecule has 9 rings (SSSR count). The molecule has 44 heavy (non-hydrogen) atoms. The Morgan fingerprint density at radius 3 is 1.66 bits per heavy atom. The minimum Gasteiger partial charge on any atom is -0.209 e. The molecule has 5 aromatic carbocycles. The smallest absolute Gasteiger partial charge is 0.164 e. The van der Waals surface area contributed by atoms with Crippen molar-refractivity contribution >= 4 is 5.57 Å². The van der Waals surface area contributed by atoms with Gasteiger partial charge in [-0.25, -0.2) is 15.0 Å². The molecule has 3 heteroatoms. The van der Waals surface area contributed by atoms with Gasteiger partial charge in [0, 0.05) is 16.7 Å². The van der Waals surface area contributed by atoms with Gasteiger partial charge < -0.3 is 0 Å². The molecule has 208 valence electrons. The highest BCUT2D eigenvalue weighted by Crippen LogP contribution is 2.62. The van der Waals surface area contributed by atoms with E-state index in [1.54, 1.807) is 0 Å². The van der Waals surface area contributed by atoms with Crippen LogP contribution in [0.1, 0.15) is 41.4 Å². The lowest BCUT2D eigenvalue weighted by atomic mass is 9.70. The predicted octanol–water partition coefficient (Wildman–Crippen LogP) is 9.53. The summed E-state index contributed by atoms with van der Waals surface area (Å²) in [5, 5.41) is 0. The first-order valence-electron chi connectivity index (χ1n) is 15.4. The van der Waals surface area contributed by atoms with Gasteiger partial charge in [-0.05, 0) is 62.9 Å². The Morgan fingerprint density at radius 2 is 1.05 bits per heavy atom. The predicted molar refractivity (Wildman–Crippen MR) is 178 cm³/mol. The SMILES string of the molecule is CC1CC=CC=C1c1nc(-c2ccccc2)nc(-c2ccc3c(c2)C2(c4ccccc4-c4ccccc42)c2ccccc2-3)n1. The first-order chi connectivity index (χ1) is 21.7. The van der Waals surface area contributed by atoms with Crippen LogP contribution >= 0.6 is 0 Å². The van der Waals surface area contributed by atoms with E-state index >= 15 is 0 Å². The van der Waals surface area contributed by atoms with Gasteiger partial charge in [0.15, 0.2) is 17.5 Å². The van der Waals surface area contributed by atoms with Gasteiger partial charge in [-0.1, -0.05) is 140 Å². The zero-order valence-corrected chi connectivity index (χ0v) is 24.4. The van der Waals surface area contributed by atoms with Crippen LogP contribution in [0.3, 0.4) is 0 Å². The van der Waals surface area contributed by atoms with Crippen molar-refractivity contribution in [3.63, 3.8) is 0 Å². The molecule has 0 bridgehead atoms. The lowest BCUT2D eigenvalue weighted by Crippen LogP contribution is -2.25. The molecule has 0 amide bonds. The molecule has 3 aliphatic rings. The van der Waals surface area contributed by atoms with E-state index in [2.05, 4.69) is 128 Å². The average Bonchev–Trinajstić information content (AvgIpc) is 3.56. The highest BCUT2D eigenvalue weighted by molar-refractivity contribution is 5.95. The summed E-state index contributed by atoms with van der Waals surface area (Å²) in [6, 6.07) is 43.8. The number of rotatable bonds is 3. The lowest BCUT2D eigenvalue weighted by Gasteiger charge is -2.30. The number of hydrogen-bond acceptors (Lipinski definition) is 3. The van der Waals surface area contributed by atoms with Crippen LogP contribution in [0.15, 0.2) is 140 Å². The molecule has 3 aliphatic carbocycles. The third-order valence-corrected chi connectivity index (χ3v) is 9.61. The van der Waals surface area contributed by atoms with E-state index in [1.807, 2.05) is 18.2 Å². The number of fused-ring (bicyclic) bond motifs is 10. The van der Waals surface area contributed by atoms with Crippen molar-refractivity contribution in [3.8, 4) is 45.0 Å². The Kier molecular flexibility index (Phi) is 5.45. The summed E-state index contributed by atoms with van der Waals surface area (Å²) in [6.45, 7) is 2.24. The van der Waals surface area contributed by atoms with Crippen LogP contribution in [0.25, 0.3) is 50.6 Å². The molecule has 0 N–H and O–H groups in total. The first-order valence-corrected chi connectivity index (χ1v) is 15.4. The first kappa shape index (κ1) is 25.1. The molecule has 1 unspecified atom stereocenters. The largest absolute Gasteiger partial charge is 0.209 e. The molecule has 3 nitrogen and oxygen atoms in total. The second kappa shape index (κ2) is 9.55. The van der Waals surface area contributed by atoms with Crippen molar-refractivity contribution in [2.45, 2.75) is 18.8 Å². The summed E-state index contributed by atoms with van der Waals surface area (Å²) in [4.78, 5) is 15.3. The van der Waals surface area contributed by atoms with Crippen LogP contribution in [0.2, 0.25) is 0 Å². The van der Waals surface area contributed by atoms with Crippen LogP contribution in [-0.4, -0.2) is 15.0 Å². The Morgan fingerprint density at radius 1 is 0.523 bits per heavy atom. The number of hydrogen-bond donors (Lipinski definition) is 0. The van der Waals surface area contributed by atoms with Gasteiger partial charge in [0.1, 0.15) is 0 Å². The quantitative estimate of drug-likeness (QED) is 0.215. The minimum atomic E-state index is -0.404. The van der Waals surface area contributed by atoms with Crippen LogP contribution < -0.4 is 0 Å². The number of allylic oxidation sites excluding steroid dienone is 4. The van der Waals surface area contributed by atoms with Gasteiger partial charge in [0.25, 0.3) is 0 Å². The lowest BCUT2D eigenvalue weighted by molar-refractivity contribution is 0.747. The van der Waals surface area contributed by atoms with Crippen molar-refractivity contribution in [1.82, 2.24) is 15.0 Å². The standard InChI is InChI=1S/C41H29N3/c1-26-13-5-6-16-29(26)40-43-38(27-14-3-2-4-15-27)42-39(44-40)28-23-24-33-32-19-9-12-22-36(32)41(37(33)25-28)34-20-10-7-17-30(34)31-18-8-11-21-35(31)41/h2-12,14-26H,13H2,1H3. The maximum Gasteiger partial charge on any atom is 0.164 e. The number of benzene rings is 5. The highest BCUT2D eigenvalue weighted by atomic mass is 15.0. The molecule has 0 saturated heterocycles. The molecule has 1 atom stereocenters. The minimum absolute atomic E-state index is 0.336. The third-order valence-electron chi connectivity index (χ3n) is 9.61. The van der Waals surface area contributed by atoms with Gasteiger partial charge in [-0.15, -0.1) is 0 Å². The molecule has 0 radical (unpaired) electrons. The third kappa shape index (κ3) is 3.47. The van der Waals surface area contributed by atoms with E-state index in [-0.39, 0.29) is 0 Å². The molecule has 0 fully saturated rings. The fraction of sp³-hybridized carbons (Fsp3) is 0.0976. The molecule has 6 aromatic rings. The topological polar surface area (TPSA) is 38.7 Å². The Balaban J connectivity index is 1.31. The number of aromatic nitrogens is 3. The molecule has 1 aromatic heterocycles. The van der Waals surface area contributed by atoms with Gasteiger partial charge in [0.2, 0.25) is 0 Å². The average molecular weight is 564 g/mol. The molecule has 0 saturated carbocycles. The molecule has 1 heterocycles. The summed E-state index contributed by atoms with van der Waals surface area (Å²) < 4.78 is 0. The monoisotopic (exact) mass is 563 g/mol. The summed E-state index contributed by atoms with van der Waals surface area (Å²) in [5.74, 6) is 2.48. The van der Waals surface area contributed by atoms with Crippen molar-refractivity contribution < 1.29 is 0 Å². The van der Waals surface area contributed by atoms with Crippen LogP contribution in [0.5, 0.6) is 0 Å². The van der Waals surface area contributed by atoms with E-state index in [4.69, 9.17) is 15.0 Å². The summed E-state index contributed by atoms with van der Waals surface area (Å²) in [5.41, 5.74) is 13.2. The Hall–Kier alpha value is -5.41. The summed E-state index contributed by atoms with van der Waals surface area (Å²) in [6.07, 6.45) is 7.46. The fourth-order valence-electron chi connectivity index (χ4n) is 7.62. The maximum atomic E-state index is 5.16.